The van der Waals surface area contributed by atoms with Crippen LogP contribution in [0.1, 0.15) is 36.8 Å². The Bertz CT molecular complexity index is 986. The van der Waals surface area contributed by atoms with Crippen LogP contribution in [-0.4, -0.2) is 27.4 Å². The van der Waals surface area contributed by atoms with Crippen LogP contribution in [0.2, 0.25) is 0 Å². The fraction of sp³-hybridized carbons (Fsp3) is 0.286. The van der Waals surface area contributed by atoms with Crippen LogP contribution in [0.15, 0.2) is 52.6 Å². The molecule has 5 nitrogen and oxygen atoms in total. The van der Waals surface area contributed by atoms with E-state index in [-0.39, 0.29) is 11.7 Å². The smallest absolute Gasteiger partial charge is 0.250 e. The molecule has 0 aliphatic carbocycles. The van der Waals surface area contributed by atoms with Crippen LogP contribution in [0.4, 0.5) is 0 Å². The largest absolute Gasteiger partial charge is 0.346 e. The van der Waals surface area contributed by atoms with E-state index >= 15 is 0 Å². The highest BCUT2D eigenvalue weighted by molar-refractivity contribution is 8.00. The van der Waals surface area contributed by atoms with Gasteiger partial charge in [0.2, 0.25) is 5.91 Å². The van der Waals surface area contributed by atoms with Gasteiger partial charge in [-0.25, -0.2) is 5.43 Å². The number of hydrogen-bond acceptors (Lipinski definition) is 4. The van der Waals surface area contributed by atoms with Crippen molar-refractivity contribution < 1.29 is 4.79 Å². The highest BCUT2D eigenvalue weighted by Crippen LogP contribution is 2.25. The fourth-order valence-electron chi connectivity index (χ4n) is 3.27. The molecule has 0 bridgehead atoms. The number of pyridine rings is 1. The number of aryl methyl sites for hydroxylation is 1. The van der Waals surface area contributed by atoms with Crippen LogP contribution in [-0.2, 0) is 4.79 Å². The second-order valence-corrected chi connectivity index (χ2v) is 7.72. The number of nitrogens with one attached hydrogen (secondary N) is 1. The van der Waals surface area contributed by atoms with Gasteiger partial charge in [-0.15, -0.1) is 11.8 Å². The van der Waals surface area contributed by atoms with E-state index in [1.165, 1.54) is 17.5 Å². The van der Waals surface area contributed by atoms with E-state index in [2.05, 4.69) is 53.8 Å². The van der Waals surface area contributed by atoms with Gasteiger partial charge in [0.05, 0.1) is 17.5 Å². The zero-order valence-electron chi connectivity index (χ0n) is 16.1. The predicted molar refractivity (Wildman–Crippen MR) is 112 cm³/mol. The number of carbonyl (C=O) groups excluding carboxylic acids is 1. The topological polar surface area (TPSA) is 59.3 Å². The minimum Gasteiger partial charge on any atom is -0.346 e. The molecule has 27 heavy (non-hydrogen) atoms. The van der Waals surface area contributed by atoms with Crippen molar-refractivity contribution in [2.75, 3.05) is 5.75 Å². The molecule has 6 heteroatoms. The van der Waals surface area contributed by atoms with Crippen molar-refractivity contribution in [1.29, 1.82) is 0 Å². The minimum atomic E-state index is -0.137. The van der Waals surface area contributed by atoms with Crippen molar-refractivity contribution in [2.45, 2.75) is 38.6 Å². The summed E-state index contributed by atoms with van der Waals surface area (Å²) in [6, 6.07) is 12.4. The second kappa shape index (κ2) is 8.39. The Kier molecular flexibility index (Phi) is 5.96. The standard InChI is InChI=1S/C21H24N4OS/c1-14(2)25-15(3)11-18(16(25)4)12-23-24-20(26)13-27-19-9-5-7-17-8-6-10-22-21(17)19/h5-12,14H,13H2,1-4H3,(H,24,26)/b23-12-. The van der Waals surface area contributed by atoms with Gasteiger partial charge in [0.15, 0.2) is 0 Å². The average molecular weight is 381 g/mol. The van der Waals surface area contributed by atoms with Gasteiger partial charge >= 0.3 is 0 Å². The maximum absolute atomic E-state index is 12.1. The Balaban J connectivity index is 1.60. The summed E-state index contributed by atoms with van der Waals surface area (Å²) >= 11 is 1.47. The van der Waals surface area contributed by atoms with E-state index in [1.807, 2.05) is 30.3 Å². The predicted octanol–water partition coefficient (Wildman–Crippen LogP) is 4.48. The van der Waals surface area contributed by atoms with E-state index in [0.29, 0.717) is 6.04 Å². The highest BCUT2D eigenvalue weighted by atomic mass is 32.2. The van der Waals surface area contributed by atoms with Crippen LogP contribution >= 0.6 is 11.8 Å². The molecular weight excluding hydrogens is 356 g/mol. The molecule has 2 aromatic heterocycles. The quantitative estimate of drug-likeness (QED) is 0.390. The lowest BCUT2D eigenvalue weighted by atomic mass is 10.2. The first-order chi connectivity index (χ1) is 13.0. The molecule has 0 spiro atoms. The number of thioether (sulfide) groups is 1. The number of benzene rings is 1. The van der Waals surface area contributed by atoms with Crippen LogP contribution in [0.5, 0.6) is 0 Å². The van der Waals surface area contributed by atoms with E-state index in [0.717, 1.165) is 27.1 Å². The molecule has 2 heterocycles. The third-order valence-electron chi connectivity index (χ3n) is 4.39. The number of aromatic nitrogens is 2. The van der Waals surface area contributed by atoms with E-state index in [9.17, 15) is 4.79 Å². The lowest BCUT2D eigenvalue weighted by Crippen LogP contribution is -2.19. The highest BCUT2D eigenvalue weighted by Gasteiger charge is 2.10. The molecule has 3 rings (SSSR count). The number of fused-ring (bicyclic) bond motifs is 1. The lowest BCUT2D eigenvalue weighted by molar-refractivity contribution is -0.118. The van der Waals surface area contributed by atoms with Gasteiger partial charge in [-0.2, -0.15) is 5.10 Å². The van der Waals surface area contributed by atoms with E-state index in [1.54, 1.807) is 12.4 Å². The fourth-order valence-corrected chi connectivity index (χ4v) is 4.10. The molecule has 140 valence electrons. The molecule has 3 aromatic rings. The van der Waals surface area contributed by atoms with Gasteiger partial charge in [-0.1, -0.05) is 18.2 Å². The summed E-state index contributed by atoms with van der Waals surface area (Å²) < 4.78 is 2.26. The lowest BCUT2D eigenvalue weighted by Gasteiger charge is -2.13. The third-order valence-corrected chi connectivity index (χ3v) is 5.43. The molecule has 0 saturated carbocycles. The minimum absolute atomic E-state index is 0.137. The van der Waals surface area contributed by atoms with E-state index in [4.69, 9.17) is 0 Å². The number of rotatable bonds is 6. The molecule has 0 unspecified atom stereocenters. The molecule has 0 radical (unpaired) electrons. The number of carbonyl (C=O) groups is 1. The first-order valence-corrected chi connectivity index (χ1v) is 9.93. The summed E-state index contributed by atoms with van der Waals surface area (Å²) in [6.45, 7) is 8.46. The van der Waals surface area contributed by atoms with Crippen molar-refractivity contribution in [1.82, 2.24) is 15.0 Å². The molecule has 1 N–H and O–H groups in total. The van der Waals surface area contributed by atoms with Crippen molar-refractivity contribution in [3.05, 3.63) is 59.5 Å². The molecule has 0 aliphatic rings. The Morgan fingerprint density at radius 3 is 2.81 bits per heavy atom. The van der Waals surface area contributed by atoms with Crippen molar-refractivity contribution in [2.24, 2.45) is 5.10 Å². The number of hydrogen-bond donors (Lipinski definition) is 1. The number of para-hydroxylation sites is 1. The summed E-state index contributed by atoms with van der Waals surface area (Å²) in [4.78, 5) is 17.5. The molecular formula is C21H24N4OS. The normalized spacial score (nSPS) is 11.6. The van der Waals surface area contributed by atoms with Crippen LogP contribution in [0.25, 0.3) is 10.9 Å². The summed E-state index contributed by atoms with van der Waals surface area (Å²) in [6.07, 6.45) is 3.48. The summed E-state index contributed by atoms with van der Waals surface area (Å²) in [7, 11) is 0. The molecule has 0 fully saturated rings. The van der Waals surface area contributed by atoms with Crippen LogP contribution in [0.3, 0.4) is 0 Å². The van der Waals surface area contributed by atoms with Gasteiger partial charge in [0, 0.05) is 39.5 Å². The Hall–Kier alpha value is -2.60. The van der Waals surface area contributed by atoms with Gasteiger partial charge in [-0.05, 0) is 45.9 Å². The van der Waals surface area contributed by atoms with Crippen molar-refractivity contribution in [3.63, 3.8) is 0 Å². The monoisotopic (exact) mass is 380 g/mol. The maximum Gasteiger partial charge on any atom is 0.250 e. The van der Waals surface area contributed by atoms with Gasteiger partial charge in [-0.3, -0.25) is 9.78 Å². The zero-order chi connectivity index (χ0) is 19.4. The van der Waals surface area contributed by atoms with E-state index < -0.39 is 0 Å². The molecule has 0 atom stereocenters. The van der Waals surface area contributed by atoms with Crippen LogP contribution < -0.4 is 5.43 Å². The summed E-state index contributed by atoms with van der Waals surface area (Å²) in [5, 5.41) is 5.19. The summed E-state index contributed by atoms with van der Waals surface area (Å²) in [5.41, 5.74) is 6.89. The number of nitrogens with zero attached hydrogens (tertiary/aromatic N) is 3. The average Bonchev–Trinajstić information content (AvgIpc) is 2.93. The molecule has 1 amide bonds. The van der Waals surface area contributed by atoms with Gasteiger partial charge < -0.3 is 4.57 Å². The molecule has 0 aliphatic heterocycles. The number of amides is 1. The Morgan fingerprint density at radius 2 is 2.07 bits per heavy atom. The maximum atomic E-state index is 12.1. The Labute approximate surface area is 163 Å². The van der Waals surface area contributed by atoms with Gasteiger partial charge in [0.1, 0.15) is 0 Å². The number of hydrazone groups is 1. The third kappa shape index (κ3) is 4.39. The van der Waals surface area contributed by atoms with Crippen molar-refractivity contribution in [3.8, 4) is 0 Å². The first kappa shape index (κ1) is 19.2. The second-order valence-electron chi connectivity index (χ2n) is 6.70. The molecule has 0 saturated heterocycles. The molecule has 1 aromatic carbocycles. The van der Waals surface area contributed by atoms with Crippen LogP contribution in [0, 0.1) is 13.8 Å². The summed E-state index contributed by atoms with van der Waals surface area (Å²) in [5.74, 6) is 0.153. The SMILES string of the molecule is Cc1cc(/C=N\NC(=O)CSc2cccc3cccnc23)c(C)n1C(C)C. The van der Waals surface area contributed by atoms with Gasteiger partial charge in [0.25, 0.3) is 0 Å². The zero-order valence-corrected chi connectivity index (χ0v) is 16.9. The Morgan fingerprint density at radius 1 is 1.30 bits per heavy atom. The van der Waals surface area contributed by atoms with Crippen molar-refractivity contribution >= 4 is 34.8 Å². The first-order valence-electron chi connectivity index (χ1n) is 8.94.